The van der Waals surface area contributed by atoms with E-state index in [1.165, 1.54) is 0 Å². The van der Waals surface area contributed by atoms with Crippen molar-refractivity contribution in [1.29, 1.82) is 0 Å². The van der Waals surface area contributed by atoms with Gasteiger partial charge in [0, 0.05) is 25.2 Å². The summed E-state index contributed by atoms with van der Waals surface area (Å²) in [5, 5.41) is 8.11. The van der Waals surface area contributed by atoms with Crippen molar-refractivity contribution >= 4 is 16.9 Å². The van der Waals surface area contributed by atoms with Gasteiger partial charge >= 0.3 is 0 Å². The zero-order valence-electron chi connectivity index (χ0n) is 12.0. The fourth-order valence-corrected chi connectivity index (χ4v) is 2.31. The van der Waals surface area contributed by atoms with Crippen LogP contribution in [0, 0.1) is 6.92 Å². The van der Waals surface area contributed by atoms with Crippen molar-refractivity contribution in [2.24, 2.45) is 7.05 Å². The number of rotatable bonds is 3. The molecule has 3 aromatic rings. The van der Waals surface area contributed by atoms with Crippen LogP contribution in [0.2, 0.25) is 0 Å². The molecule has 0 unspecified atom stereocenters. The average molecular weight is 280 g/mol. The molecule has 0 spiro atoms. The Morgan fingerprint density at radius 2 is 2.05 bits per heavy atom. The minimum atomic E-state index is -0.128. The lowest BCUT2D eigenvalue weighted by molar-refractivity contribution is 0.0950. The minimum Gasteiger partial charge on any atom is -0.348 e. The first-order valence-electron chi connectivity index (χ1n) is 6.76. The topological polar surface area (TPSA) is 59.8 Å². The molecule has 2 aromatic heterocycles. The molecule has 1 aromatic carbocycles. The van der Waals surface area contributed by atoms with Crippen molar-refractivity contribution in [3.63, 3.8) is 0 Å². The van der Waals surface area contributed by atoms with Crippen molar-refractivity contribution in [3.05, 3.63) is 59.4 Å². The van der Waals surface area contributed by atoms with Crippen LogP contribution in [0.25, 0.3) is 11.0 Å². The van der Waals surface area contributed by atoms with Gasteiger partial charge in [0.25, 0.3) is 5.91 Å². The van der Waals surface area contributed by atoms with Crippen LogP contribution < -0.4 is 5.32 Å². The Kier molecular flexibility index (Phi) is 3.39. The predicted octanol–water partition coefficient (Wildman–Crippen LogP) is 2.21. The molecule has 1 amide bonds. The molecular weight excluding hydrogens is 264 g/mol. The molecule has 0 aliphatic heterocycles. The Bertz CT molecular complexity index is 793. The van der Waals surface area contributed by atoms with E-state index >= 15 is 0 Å². The highest BCUT2D eigenvalue weighted by atomic mass is 16.1. The van der Waals surface area contributed by atoms with E-state index in [-0.39, 0.29) is 5.91 Å². The van der Waals surface area contributed by atoms with Crippen molar-refractivity contribution in [3.8, 4) is 0 Å². The molecule has 3 rings (SSSR count). The third-order valence-electron chi connectivity index (χ3n) is 3.42. The van der Waals surface area contributed by atoms with Crippen LogP contribution in [-0.4, -0.2) is 20.7 Å². The first-order valence-corrected chi connectivity index (χ1v) is 6.76. The van der Waals surface area contributed by atoms with E-state index < -0.39 is 0 Å². The number of amides is 1. The molecule has 1 N–H and O–H groups in total. The summed E-state index contributed by atoms with van der Waals surface area (Å²) in [5.41, 5.74) is 3.27. The summed E-state index contributed by atoms with van der Waals surface area (Å²) in [4.78, 5) is 16.5. The minimum absolute atomic E-state index is 0.128. The standard InChI is InChI=1S/C16H16N4O/c1-11-14-8-13(10-17-15(14)20(2)19-11)16(21)18-9-12-6-4-3-5-7-12/h3-8,10H,9H2,1-2H3,(H,18,21). The monoisotopic (exact) mass is 280 g/mol. The van der Waals surface area contributed by atoms with Gasteiger partial charge in [-0.3, -0.25) is 9.48 Å². The second-order valence-corrected chi connectivity index (χ2v) is 4.97. The first-order chi connectivity index (χ1) is 10.1. The van der Waals surface area contributed by atoms with Crippen LogP contribution in [0.15, 0.2) is 42.6 Å². The van der Waals surface area contributed by atoms with Gasteiger partial charge in [-0.05, 0) is 18.6 Å². The summed E-state index contributed by atoms with van der Waals surface area (Å²) in [6.07, 6.45) is 1.59. The lowest BCUT2D eigenvalue weighted by Crippen LogP contribution is -2.22. The van der Waals surface area contributed by atoms with Gasteiger partial charge < -0.3 is 5.32 Å². The molecule has 0 saturated carbocycles. The van der Waals surface area contributed by atoms with Gasteiger partial charge in [-0.25, -0.2) is 4.98 Å². The van der Waals surface area contributed by atoms with Gasteiger partial charge in [-0.1, -0.05) is 30.3 Å². The van der Waals surface area contributed by atoms with E-state index in [4.69, 9.17) is 0 Å². The van der Waals surface area contributed by atoms with Gasteiger partial charge in [0.05, 0.1) is 11.3 Å². The Morgan fingerprint density at radius 1 is 1.29 bits per heavy atom. The fraction of sp³-hybridized carbons (Fsp3) is 0.188. The summed E-state index contributed by atoms with van der Waals surface area (Å²) in [5.74, 6) is -0.128. The summed E-state index contributed by atoms with van der Waals surface area (Å²) >= 11 is 0. The molecule has 0 aliphatic rings. The Morgan fingerprint density at radius 3 is 2.81 bits per heavy atom. The third-order valence-corrected chi connectivity index (χ3v) is 3.42. The van der Waals surface area contributed by atoms with E-state index in [1.807, 2.05) is 50.4 Å². The second-order valence-electron chi connectivity index (χ2n) is 4.97. The van der Waals surface area contributed by atoms with E-state index in [1.54, 1.807) is 10.9 Å². The van der Waals surface area contributed by atoms with E-state index in [9.17, 15) is 4.79 Å². The Hall–Kier alpha value is -2.69. The molecule has 21 heavy (non-hydrogen) atoms. The molecule has 0 aliphatic carbocycles. The number of aryl methyl sites for hydroxylation is 2. The summed E-state index contributed by atoms with van der Waals surface area (Å²) in [6, 6.07) is 11.7. The fourth-order valence-electron chi connectivity index (χ4n) is 2.31. The van der Waals surface area contributed by atoms with Gasteiger partial charge in [-0.15, -0.1) is 0 Å². The van der Waals surface area contributed by atoms with Gasteiger partial charge in [0.15, 0.2) is 5.65 Å². The van der Waals surface area contributed by atoms with E-state index in [0.717, 1.165) is 22.3 Å². The molecule has 0 bridgehead atoms. The van der Waals surface area contributed by atoms with Crippen LogP contribution >= 0.6 is 0 Å². The van der Waals surface area contributed by atoms with Gasteiger partial charge in [-0.2, -0.15) is 5.10 Å². The molecule has 0 saturated heterocycles. The summed E-state index contributed by atoms with van der Waals surface area (Å²) < 4.78 is 1.72. The highest BCUT2D eigenvalue weighted by Crippen LogP contribution is 2.16. The Labute approximate surface area is 122 Å². The van der Waals surface area contributed by atoms with Crippen LogP contribution in [0.1, 0.15) is 21.6 Å². The summed E-state index contributed by atoms with van der Waals surface area (Å²) in [6.45, 7) is 2.42. The second kappa shape index (κ2) is 5.36. The smallest absolute Gasteiger partial charge is 0.253 e. The number of hydrogen-bond acceptors (Lipinski definition) is 3. The SMILES string of the molecule is Cc1nn(C)c2ncc(C(=O)NCc3ccccc3)cc12. The van der Waals surface area contributed by atoms with E-state index in [2.05, 4.69) is 15.4 Å². The van der Waals surface area contributed by atoms with Crippen LogP contribution in [0.4, 0.5) is 0 Å². The maximum atomic E-state index is 12.2. The van der Waals surface area contributed by atoms with E-state index in [0.29, 0.717) is 12.1 Å². The van der Waals surface area contributed by atoms with Crippen LogP contribution in [0.3, 0.4) is 0 Å². The normalized spacial score (nSPS) is 10.8. The zero-order valence-corrected chi connectivity index (χ0v) is 12.0. The van der Waals surface area contributed by atoms with Gasteiger partial charge in [0.1, 0.15) is 0 Å². The predicted molar refractivity (Wildman–Crippen MR) is 80.9 cm³/mol. The third kappa shape index (κ3) is 2.63. The molecule has 0 radical (unpaired) electrons. The van der Waals surface area contributed by atoms with Crippen LogP contribution in [-0.2, 0) is 13.6 Å². The number of carbonyl (C=O) groups is 1. The lowest BCUT2D eigenvalue weighted by atomic mass is 10.2. The molecule has 0 fully saturated rings. The van der Waals surface area contributed by atoms with Gasteiger partial charge in [0.2, 0.25) is 0 Å². The number of fused-ring (bicyclic) bond motifs is 1. The largest absolute Gasteiger partial charge is 0.348 e. The van der Waals surface area contributed by atoms with Crippen molar-refractivity contribution < 1.29 is 4.79 Å². The number of hydrogen-bond donors (Lipinski definition) is 1. The lowest BCUT2D eigenvalue weighted by Gasteiger charge is -2.05. The average Bonchev–Trinajstić information content (AvgIpc) is 2.80. The quantitative estimate of drug-likeness (QED) is 0.800. The Balaban J connectivity index is 1.80. The maximum absolute atomic E-state index is 12.2. The molecule has 2 heterocycles. The number of pyridine rings is 1. The van der Waals surface area contributed by atoms with Crippen molar-refractivity contribution in [2.75, 3.05) is 0 Å². The highest BCUT2D eigenvalue weighted by Gasteiger charge is 2.11. The molecular formula is C16H16N4O. The number of nitrogens with zero attached hydrogens (tertiary/aromatic N) is 3. The number of aromatic nitrogens is 3. The van der Waals surface area contributed by atoms with Crippen molar-refractivity contribution in [1.82, 2.24) is 20.1 Å². The number of carbonyl (C=O) groups excluding carboxylic acids is 1. The highest BCUT2D eigenvalue weighted by molar-refractivity contribution is 5.97. The number of nitrogens with one attached hydrogen (secondary N) is 1. The van der Waals surface area contributed by atoms with Crippen molar-refractivity contribution in [2.45, 2.75) is 13.5 Å². The molecule has 0 atom stereocenters. The van der Waals surface area contributed by atoms with Crippen LogP contribution in [0.5, 0.6) is 0 Å². The molecule has 106 valence electrons. The molecule has 5 heteroatoms. The maximum Gasteiger partial charge on any atom is 0.253 e. The number of benzene rings is 1. The zero-order chi connectivity index (χ0) is 14.8. The summed E-state index contributed by atoms with van der Waals surface area (Å²) in [7, 11) is 1.84. The first kappa shape index (κ1) is 13.3. The molecule has 5 nitrogen and oxygen atoms in total.